The number of carbonyl (C=O) groups excluding carboxylic acids is 1. The van der Waals surface area contributed by atoms with E-state index < -0.39 is 0 Å². The molecule has 1 aromatic heterocycles. The van der Waals surface area contributed by atoms with Gasteiger partial charge in [-0.15, -0.1) is 0 Å². The first-order valence-corrected chi connectivity index (χ1v) is 6.13. The van der Waals surface area contributed by atoms with E-state index in [4.69, 9.17) is 10.3 Å². The Labute approximate surface area is 101 Å². The fourth-order valence-electron chi connectivity index (χ4n) is 2.33. The van der Waals surface area contributed by atoms with Gasteiger partial charge in [-0.05, 0) is 12.8 Å². The van der Waals surface area contributed by atoms with Crippen LogP contribution in [0.1, 0.15) is 44.3 Å². The topological polar surface area (TPSA) is 81.2 Å². The molecule has 3 N–H and O–H groups in total. The Morgan fingerprint density at radius 3 is 2.88 bits per heavy atom. The fourth-order valence-corrected chi connectivity index (χ4v) is 2.33. The van der Waals surface area contributed by atoms with Crippen LogP contribution in [0.5, 0.6) is 0 Å². The SMILES string of the molecule is NC1(CC(=O)NCc2ccno2)CCCCC1. The maximum atomic E-state index is 11.8. The molecule has 17 heavy (non-hydrogen) atoms. The Hall–Kier alpha value is -1.36. The highest BCUT2D eigenvalue weighted by atomic mass is 16.5. The second-order valence-electron chi connectivity index (χ2n) is 4.86. The van der Waals surface area contributed by atoms with Gasteiger partial charge in [-0.2, -0.15) is 0 Å². The largest absolute Gasteiger partial charge is 0.360 e. The molecule has 2 rings (SSSR count). The highest BCUT2D eigenvalue weighted by Crippen LogP contribution is 2.28. The number of nitrogens with zero attached hydrogens (tertiary/aromatic N) is 1. The summed E-state index contributed by atoms with van der Waals surface area (Å²) in [5.41, 5.74) is 5.91. The molecule has 1 heterocycles. The molecule has 1 aliphatic carbocycles. The number of rotatable bonds is 4. The molecule has 1 aromatic rings. The lowest BCUT2D eigenvalue weighted by molar-refractivity contribution is -0.122. The third-order valence-electron chi connectivity index (χ3n) is 3.31. The van der Waals surface area contributed by atoms with Crippen LogP contribution < -0.4 is 11.1 Å². The van der Waals surface area contributed by atoms with E-state index in [-0.39, 0.29) is 11.4 Å². The van der Waals surface area contributed by atoms with Crippen molar-refractivity contribution < 1.29 is 9.32 Å². The Balaban J connectivity index is 1.76. The number of aromatic nitrogens is 1. The first-order valence-electron chi connectivity index (χ1n) is 6.13. The third kappa shape index (κ3) is 3.56. The Kier molecular flexibility index (Phi) is 3.78. The summed E-state index contributed by atoms with van der Waals surface area (Å²) in [6, 6.07) is 1.74. The predicted octanol–water partition coefficient (Wildman–Crippen LogP) is 1.34. The summed E-state index contributed by atoms with van der Waals surface area (Å²) in [5.74, 6) is 0.652. The lowest BCUT2D eigenvalue weighted by Crippen LogP contribution is -2.45. The summed E-state index contributed by atoms with van der Waals surface area (Å²) in [6.45, 7) is 0.384. The third-order valence-corrected chi connectivity index (χ3v) is 3.31. The summed E-state index contributed by atoms with van der Waals surface area (Å²) in [7, 11) is 0. The van der Waals surface area contributed by atoms with Crippen molar-refractivity contribution in [2.75, 3.05) is 0 Å². The molecule has 1 aliphatic rings. The molecule has 0 saturated heterocycles. The van der Waals surface area contributed by atoms with E-state index in [0.717, 1.165) is 25.7 Å². The lowest BCUT2D eigenvalue weighted by atomic mass is 9.80. The molecule has 0 bridgehead atoms. The second-order valence-corrected chi connectivity index (χ2v) is 4.86. The molecule has 1 amide bonds. The maximum Gasteiger partial charge on any atom is 0.222 e. The van der Waals surface area contributed by atoms with Crippen LogP contribution in [0.15, 0.2) is 16.8 Å². The number of amides is 1. The molecule has 0 unspecified atom stereocenters. The molecule has 1 saturated carbocycles. The van der Waals surface area contributed by atoms with E-state index in [1.807, 2.05) is 0 Å². The summed E-state index contributed by atoms with van der Waals surface area (Å²) in [5, 5.41) is 6.38. The van der Waals surface area contributed by atoms with Gasteiger partial charge in [0, 0.05) is 18.0 Å². The standard InChI is InChI=1S/C12H19N3O2/c13-12(5-2-1-3-6-12)8-11(16)14-9-10-4-7-15-17-10/h4,7H,1-3,5-6,8-9,13H2,(H,14,16). The molecule has 0 spiro atoms. The molecular weight excluding hydrogens is 218 g/mol. The van der Waals surface area contributed by atoms with Crippen LogP contribution in [0.4, 0.5) is 0 Å². The highest BCUT2D eigenvalue weighted by molar-refractivity contribution is 5.77. The Morgan fingerprint density at radius 1 is 1.47 bits per heavy atom. The molecule has 5 heteroatoms. The van der Waals surface area contributed by atoms with Gasteiger partial charge in [0.1, 0.15) is 0 Å². The molecule has 0 atom stereocenters. The summed E-state index contributed by atoms with van der Waals surface area (Å²) in [4.78, 5) is 11.8. The van der Waals surface area contributed by atoms with E-state index >= 15 is 0 Å². The quantitative estimate of drug-likeness (QED) is 0.828. The fraction of sp³-hybridized carbons (Fsp3) is 0.667. The molecule has 0 radical (unpaired) electrons. The van der Waals surface area contributed by atoms with Crippen LogP contribution in [0, 0.1) is 0 Å². The monoisotopic (exact) mass is 237 g/mol. The molecule has 0 aliphatic heterocycles. The van der Waals surface area contributed by atoms with Crippen molar-refractivity contribution in [3.8, 4) is 0 Å². The molecule has 5 nitrogen and oxygen atoms in total. The van der Waals surface area contributed by atoms with Crippen LogP contribution in [-0.2, 0) is 11.3 Å². The first kappa shape index (κ1) is 12.1. The average Bonchev–Trinajstić information content (AvgIpc) is 2.79. The van der Waals surface area contributed by atoms with Crippen molar-refractivity contribution in [2.45, 2.75) is 50.6 Å². The van der Waals surface area contributed by atoms with Crippen LogP contribution in [-0.4, -0.2) is 16.6 Å². The minimum atomic E-state index is -0.302. The van der Waals surface area contributed by atoms with E-state index in [0.29, 0.717) is 18.7 Å². The van der Waals surface area contributed by atoms with Gasteiger partial charge in [0.15, 0.2) is 5.76 Å². The van der Waals surface area contributed by atoms with Crippen molar-refractivity contribution in [3.05, 3.63) is 18.0 Å². The lowest BCUT2D eigenvalue weighted by Gasteiger charge is -2.32. The first-order chi connectivity index (χ1) is 8.18. The van der Waals surface area contributed by atoms with Crippen LogP contribution in [0.25, 0.3) is 0 Å². The number of carbonyl (C=O) groups is 1. The summed E-state index contributed by atoms with van der Waals surface area (Å²) >= 11 is 0. The Bertz CT molecular complexity index is 356. The summed E-state index contributed by atoms with van der Waals surface area (Å²) < 4.78 is 4.90. The second kappa shape index (κ2) is 5.31. The van der Waals surface area contributed by atoms with Crippen molar-refractivity contribution in [2.24, 2.45) is 5.73 Å². The van der Waals surface area contributed by atoms with E-state index in [1.165, 1.54) is 6.42 Å². The molecule has 94 valence electrons. The average molecular weight is 237 g/mol. The van der Waals surface area contributed by atoms with Crippen LogP contribution in [0.3, 0.4) is 0 Å². The van der Waals surface area contributed by atoms with E-state index in [1.54, 1.807) is 12.3 Å². The number of nitrogens with two attached hydrogens (primary N) is 1. The van der Waals surface area contributed by atoms with Gasteiger partial charge < -0.3 is 15.6 Å². The molecule has 1 fully saturated rings. The highest BCUT2D eigenvalue weighted by Gasteiger charge is 2.29. The number of hydrogen-bond donors (Lipinski definition) is 2. The Morgan fingerprint density at radius 2 is 2.24 bits per heavy atom. The van der Waals surface area contributed by atoms with Crippen molar-refractivity contribution in [1.29, 1.82) is 0 Å². The minimum absolute atomic E-state index is 0.00852. The zero-order valence-corrected chi connectivity index (χ0v) is 9.95. The van der Waals surface area contributed by atoms with Gasteiger partial charge in [-0.1, -0.05) is 24.4 Å². The van der Waals surface area contributed by atoms with E-state index in [2.05, 4.69) is 10.5 Å². The van der Waals surface area contributed by atoms with Gasteiger partial charge >= 0.3 is 0 Å². The van der Waals surface area contributed by atoms with Gasteiger partial charge in [-0.3, -0.25) is 4.79 Å². The van der Waals surface area contributed by atoms with Crippen molar-refractivity contribution in [3.63, 3.8) is 0 Å². The molecule has 0 aromatic carbocycles. The van der Waals surface area contributed by atoms with Gasteiger partial charge in [0.05, 0.1) is 12.7 Å². The smallest absolute Gasteiger partial charge is 0.222 e. The minimum Gasteiger partial charge on any atom is -0.360 e. The van der Waals surface area contributed by atoms with Gasteiger partial charge in [-0.25, -0.2) is 0 Å². The van der Waals surface area contributed by atoms with Crippen molar-refractivity contribution >= 4 is 5.91 Å². The maximum absolute atomic E-state index is 11.8. The summed E-state index contributed by atoms with van der Waals surface area (Å²) in [6.07, 6.45) is 7.36. The van der Waals surface area contributed by atoms with Gasteiger partial charge in [0.2, 0.25) is 5.91 Å². The zero-order valence-electron chi connectivity index (χ0n) is 9.95. The predicted molar refractivity (Wildman–Crippen MR) is 63.0 cm³/mol. The number of hydrogen-bond acceptors (Lipinski definition) is 4. The number of nitrogens with one attached hydrogen (secondary N) is 1. The van der Waals surface area contributed by atoms with Crippen LogP contribution >= 0.6 is 0 Å². The molecular formula is C12H19N3O2. The van der Waals surface area contributed by atoms with Crippen molar-refractivity contribution in [1.82, 2.24) is 10.5 Å². The van der Waals surface area contributed by atoms with Gasteiger partial charge in [0.25, 0.3) is 0 Å². The normalized spacial score (nSPS) is 18.9. The van der Waals surface area contributed by atoms with E-state index in [9.17, 15) is 4.79 Å². The van der Waals surface area contributed by atoms with Crippen LogP contribution in [0.2, 0.25) is 0 Å². The zero-order chi connectivity index (χ0) is 12.1.